The van der Waals surface area contributed by atoms with E-state index in [4.69, 9.17) is 10.5 Å². The molecule has 0 aliphatic heterocycles. The Kier molecular flexibility index (Phi) is 8.54. The molecule has 0 spiro atoms. The number of aliphatic carboxylic acids is 1. The van der Waals surface area contributed by atoms with E-state index in [0.717, 1.165) is 46.2 Å². The number of aryl methyl sites for hydroxylation is 1. The van der Waals surface area contributed by atoms with Crippen LogP contribution in [0.15, 0.2) is 85.1 Å². The number of hydrogen-bond donors (Lipinski definition) is 4. The summed E-state index contributed by atoms with van der Waals surface area (Å²) in [7, 11) is 0. The molecule has 1 aromatic heterocycles. The van der Waals surface area contributed by atoms with Crippen molar-refractivity contribution >= 4 is 16.9 Å². The number of aromatic amines is 1. The number of H-pyrrole nitrogens is 1. The maximum Gasteiger partial charge on any atom is 0.303 e. The van der Waals surface area contributed by atoms with E-state index in [2.05, 4.69) is 34.6 Å². The average molecular weight is 472 g/mol. The number of hydrogen-bond acceptors (Lipinski definition) is 4. The van der Waals surface area contributed by atoms with Crippen LogP contribution in [-0.2, 0) is 17.8 Å². The number of fused-ring (bicyclic) bond motifs is 1. The Bertz CT molecular complexity index is 1220. The minimum atomic E-state index is -0.801. The van der Waals surface area contributed by atoms with Crippen LogP contribution in [0.2, 0.25) is 0 Å². The van der Waals surface area contributed by atoms with Gasteiger partial charge in [-0.25, -0.2) is 0 Å². The monoisotopic (exact) mass is 471 g/mol. The van der Waals surface area contributed by atoms with Crippen molar-refractivity contribution in [1.82, 2.24) is 10.3 Å². The fourth-order valence-electron chi connectivity index (χ4n) is 4.45. The summed E-state index contributed by atoms with van der Waals surface area (Å²) in [5.41, 5.74) is 10.5. The second-order valence-electron chi connectivity index (χ2n) is 8.79. The summed E-state index contributed by atoms with van der Waals surface area (Å²) in [6, 6.07) is 26.2. The van der Waals surface area contributed by atoms with Crippen molar-refractivity contribution in [2.45, 2.75) is 44.4 Å². The molecule has 0 radical (unpaired) electrons. The summed E-state index contributed by atoms with van der Waals surface area (Å²) in [5, 5.41) is 14.1. The zero-order valence-electron chi connectivity index (χ0n) is 19.8. The van der Waals surface area contributed by atoms with Crippen LogP contribution in [0.4, 0.5) is 0 Å². The van der Waals surface area contributed by atoms with E-state index < -0.39 is 5.97 Å². The molecular weight excluding hydrogens is 438 g/mol. The third-order valence-electron chi connectivity index (χ3n) is 6.34. The predicted octanol–water partition coefficient (Wildman–Crippen LogP) is 5.20. The van der Waals surface area contributed by atoms with Gasteiger partial charge in [-0.1, -0.05) is 66.7 Å². The van der Waals surface area contributed by atoms with Gasteiger partial charge in [-0.2, -0.15) is 0 Å². The standard InChI is InChI=1S/C29H33N3O3/c30-18-23(15-14-22-10-4-7-13-28(22)35-20-21-8-2-1-3-9-21)32-27(16-17-29(33)34)25-19-31-26-12-6-5-11-24(25)26/h1-13,19,23,27,31-32H,14-18,20,30H2,(H,33,34)/t23?,27-/m1/s1. The molecule has 4 aromatic rings. The second kappa shape index (κ2) is 12.2. The van der Waals surface area contributed by atoms with Crippen molar-refractivity contribution in [3.63, 3.8) is 0 Å². The zero-order valence-corrected chi connectivity index (χ0v) is 19.8. The van der Waals surface area contributed by atoms with Crippen molar-refractivity contribution in [2.75, 3.05) is 6.54 Å². The van der Waals surface area contributed by atoms with E-state index in [1.165, 1.54) is 0 Å². The highest BCUT2D eigenvalue weighted by Crippen LogP contribution is 2.28. The Labute approximate surface area is 206 Å². The van der Waals surface area contributed by atoms with Gasteiger partial charge >= 0.3 is 5.97 Å². The minimum Gasteiger partial charge on any atom is -0.489 e. The first-order valence-corrected chi connectivity index (χ1v) is 12.1. The molecule has 1 heterocycles. The zero-order chi connectivity index (χ0) is 24.5. The fraction of sp³-hybridized carbons (Fsp3) is 0.276. The summed E-state index contributed by atoms with van der Waals surface area (Å²) < 4.78 is 6.12. The number of ether oxygens (including phenoxy) is 1. The summed E-state index contributed by atoms with van der Waals surface area (Å²) in [4.78, 5) is 14.6. The van der Waals surface area contributed by atoms with Crippen molar-refractivity contribution < 1.29 is 14.6 Å². The van der Waals surface area contributed by atoms with Crippen LogP contribution < -0.4 is 15.8 Å². The van der Waals surface area contributed by atoms with Crippen LogP contribution in [0, 0.1) is 0 Å². The lowest BCUT2D eigenvalue weighted by Gasteiger charge is -2.25. The third kappa shape index (κ3) is 6.72. The Morgan fingerprint density at radius 2 is 1.71 bits per heavy atom. The number of carboxylic acid groups (broad SMARTS) is 1. The number of carboxylic acids is 1. The van der Waals surface area contributed by atoms with E-state index >= 15 is 0 Å². The molecule has 0 amide bonds. The van der Waals surface area contributed by atoms with Crippen LogP contribution in [0.1, 0.15) is 42.0 Å². The highest BCUT2D eigenvalue weighted by molar-refractivity contribution is 5.83. The first-order valence-electron chi connectivity index (χ1n) is 12.1. The van der Waals surface area contributed by atoms with Gasteiger partial charge in [-0.15, -0.1) is 0 Å². The van der Waals surface area contributed by atoms with Crippen molar-refractivity contribution in [2.24, 2.45) is 5.73 Å². The van der Waals surface area contributed by atoms with Crippen molar-refractivity contribution in [1.29, 1.82) is 0 Å². The lowest BCUT2D eigenvalue weighted by atomic mass is 9.98. The number of benzene rings is 3. The Morgan fingerprint density at radius 3 is 2.51 bits per heavy atom. The van der Waals surface area contributed by atoms with Gasteiger partial charge in [0.2, 0.25) is 0 Å². The normalized spacial score (nSPS) is 12.9. The number of para-hydroxylation sites is 2. The molecule has 3 aromatic carbocycles. The Balaban J connectivity index is 1.44. The highest BCUT2D eigenvalue weighted by Gasteiger charge is 2.21. The summed E-state index contributed by atoms with van der Waals surface area (Å²) in [6.07, 6.45) is 4.17. The molecule has 0 saturated carbocycles. The third-order valence-corrected chi connectivity index (χ3v) is 6.34. The molecule has 0 bridgehead atoms. The molecule has 6 nitrogen and oxygen atoms in total. The van der Waals surface area contributed by atoms with Crippen LogP contribution in [0.3, 0.4) is 0 Å². The van der Waals surface area contributed by atoms with Crippen LogP contribution in [-0.4, -0.2) is 28.6 Å². The lowest BCUT2D eigenvalue weighted by molar-refractivity contribution is -0.137. The van der Waals surface area contributed by atoms with Crippen LogP contribution in [0.5, 0.6) is 5.75 Å². The Hall–Kier alpha value is -3.61. The lowest BCUT2D eigenvalue weighted by Crippen LogP contribution is -2.39. The van der Waals surface area contributed by atoms with Gasteiger partial charge in [-0.05, 0) is 48.1 Å². The second-order valence-corrected chi connectivity index (χ2v) is 8.79. The van der Waals surface area contributed by atoms with Crippen molar-refractivity contribution in [3.05, 3.63) is 102 Å². The summed E-state index contributed by atoms with van der Waals surface area (Å²) in [6.45, 7) is 0.979. The first kappa shape index (κ1) is 24.5. The molecule has 4 rings (SSSR count). The highest BCUT2D eigenvalue weighted by atomic mass is 16.5. The maximum absolute atomic E-state index is 11.3. The largest absolute Gasteiger partial charge is 0.489 e. The van der Waals surface area contributed by atoms with E-state index in [9.17, 15) is 9.90 Å². The first-order chi connectivity index (χ1) is 17.1. The molecule has 0 aliphatic rings. The number of aromatic nitrogens is 1. The number of carbonyl (C=O) groups is 1. The number of nitrogens with one attached hydrogen (secondary N) is 2. The smallest absolute Gasteiger partial charge is 0.303 e. The average Bonchev–Trinajstić information content (AvgIpc) is 3.32. The molecular formula is C29H33N3O3. The molecule has 6 heteroatoms. The molecule has 0 fully saturated rings. The SMILES string of the molecule is NCC(CCc1ccccc1OCc1ccccc1)N[C@H](CCC(=O)O)c1c[nH]c2ccccc12. The maximum atomic E-state index is 11.3. The van der Waals surface area contributed by atoms with Gasteiger partial charge in [-0.3, -0.25) is 4.79 Å². The van der Waals surface area contributed by atoms with Gasteiger partial charge in [0.1, 0.15) is 12.4 Å². The fourth-order valence-corrected chi connectivity index (χ4v) is 4.45. The number of rotatable bonds is 13. The van der Waals surface area contributed by atoms with Gasteiger partial charge in [0.15, 0.2) is 0 Å². The van der Waals surface area contributed by atoms with E-state index in [1.807, 2.05) is 60.8 Å². The topological polar surface area (TPSA) is 100 Å². The summed E-state index contributed by atoms with van der Waals surface area (Å²) in [5.74, 6) is 0.0802. The van der Waals surface area contributed by atoms with Crippen LogP contribution >= 0.6 is 0 Å². The van der Waals surface area contributed by atoms with Crippen molar-refractivity contribution in [3.8, 4) is 5.75 Å². The molecule has 35 heavy (non-hydrogen) atoms. The molecule has 1 unspecified atom stereocenters. The van der Waals surface area contributed by atoms with Gasteiger partial charge in [0.05, 0.1) is 0 Å². The van der Waals surface area contributed by atoms with Gasteiger partial charge in [0.25, 0.3) is 0 Å². The van der Waals surface area contributed by atoms with E-state index in [-0.39, 0.29) is 18.5 Å². The Morgan fingerprint density at radius 1 is 0.971 bits per heavy atom. The predicted molar refractivity (Wildman–Crippen MR) is 139 cm³/mol. The quantitative estimate of drug-likeness (QED) is 0.215. The summed E-state index contributed by atoms with van der Waals surface area (Å²) >= 11 is 0. The van der Waals surface area contributed by atoms with Gasteiger partial charge in [0, 0.05) is 42.1 Å². The van der Waals surface area contributed by atoms with Gasteiger partial charge < -0.3 is 25.9 Å². The molecule has 0 aliphatic carbocycles. The molecule has 0 saturated heterocycles. The van der Waals surface area contributed by atoms with E-state index in [0.29, 0.717) is 19.6 Å². The van der Waals surface area contributed by atoms with Crippen LogP contribution in [0.25, 0.3) is 10.9 Å². The molecule has 5 N–H and O–H groups in total. The number of nitrogens with two attached hydrogens (primary N) is 1. The van der Waals surface area contributed by atoms with E-state index in [1.54, 1.807) is 0 Å². The minimum absolute atomic E-state index is 0.0321. The molecule has 2 atom stereocenters. The molecule has 182 valence electrons.